The maximum Gasteiger partial charge on any atom is 0.258 e. The van der Waals surface area contributed by atoms with Crippen LogP contribution in [0.4, 0.5) is 0 Å². The Kier molecular flexibility index (Phi) is 8.09. The molecule has 1 N–H and O–H groups in total. The first-order chi connectivity index (χ1) is 9.26. The van der Waals surface area contributed by atoms with E-state index in [4.69, 9.17) is 9.47 Å². The van der Waals surface area contributed by atoms with Crippen LogP contribution in [0.15, 0.2) is 30.3 Å². The van der Waals surface area contributed by atoms with Crippen molar-refractivity contribution in [3.8, 4) is 5.75 Å². The zero-order valence-corrected chi connectivity index (χ0v) is 12.2. The van der Waals surface area contributed by atoms with E-state index in [9.17, 15) is 4.79 Å². The lowest BCUT2D eigenvalue weighted by molar-refractivity contribution is -0.123. The molecule has 19 heavy (non-hydrogen) atoms. The monoisotopic (exact) mass is 283 g/mol. The number of amides is 1. The number of rotatable bonds is 9. The highest BCUT2D eigenvalue weighted by Gasteiger charge is 2.09. The molecule has 0 fully saturated rings. The molecule has 1 rings (SSSR count). The standard InChI is InChI=1S/C14H21NO3S/c1-17-13(8-9-19-2)10-15-14(16)11-18-12-6-4-3-5-7-12/h3-7,13H,8-11H2,1-2H3,(H,15,16). The zero-order chi connectivity index (χ0) is 13.9. The highest BCUT2D eigenvalue weighted by atomic mass is 32.2. The lowest BCUT2D eigenvalue weighted by atomic mass is 10.3. The van der Waals surface area contributed by atoms with E-state index in [0.717, 1.165) is 12.2 Å². The summed E-state index contributed by atoms with van der Waals surface area (Å²) in [6, 6.07) is 9.29. The Morgan fingerprint density at radius 2 is 2.11 bits per heavy atom. The molecule has 0 aromatic heterocycles. The minimum atomic E-state index is -0.130. The summed E-state index contributed by atoms with van der Waals surface area (Å²) in [4.78, 5) is 11.6. The summed E-state index contributed by atoms with van der Waals surface area (Å²) in [5.74, 6) is 1.59. The van der Waals surface area contributed by atoms with Crippen LogP contribution in [0, 0.1) is 0 Å². The van der Waals surface area contributed by atoms with Crippen molar-refractivity contribution in [3.63, 3.8) is 0 Å². The molecule has 1 unspecified atom stereocenters. The summed E-state index contributed by atoms with van der Waals surface area (Å²) in [6.45, 7) is 0.553. The molecule has 0 spiro atoms. The Morgan fingerprint density at radius 3 is 2.74 bits per heavy atom. The summed E-state index contributed by atoms with van der Waals surface area (Å²) in [7, 11) is 1.66. The number of methoxy groups -OCH3 is 1. The number of carbonyl (C=O) groups excluding carboxylic acids is 1. The number of ether oxygens (including phenoxy) is 2. The highest BCUT2D eigenvalue weighted by Crippen LogP contribution is 2.07. The number of para-hydroxylation sites is 1. The summed E-state index contributed by atoms with van der Waals surface area (Å²) in [5, 5.41) is 2.81. The van der Waals surface area contributed by atoms with Gasteiger partial charge in [0.1, 0.15) is 5.75 Å². The van der Waals surface area contributed by atoms with E-state index in [1.165, 1.54) is 0 Å². The molecular formula is C14H21NO3S. The molecule has 0 saturated carbocycles. The van der Waals surface area contributed by atoms with Gasteiger partial charge in [-0.3, -0.25) is 4.79 Å². The van der Waals surface area contributed by atoms with Crippen molar-refractivity contribution in [1.29, 1.82) is 0 Å². The molecular weight excluding hydrogens is 262 g/mol. The quantitative estimate of drug-likeness (QED) is 0.752. The molecule has 1 aromatic rings. The van der Waals surface area contributed by atoms with Gasteiger partial charge in [0.2, 0.25) is 0 Å². The SMILES string of the molecule is COC(CCSC)CNC(=O)COc1ccccc1. The molecule has 1 aromatic carbocycles. The van der Waals surface area contributed by atoms with Crippen molar-refractivity contribution >= 4 is 17.7 Å². The molecule has 0 radical (unpaired) electrons. The van der Waals surface area contributed by atoms with E-state index in [1.807, 2.05) is 30.3 Å². The summed E-state index contributed by atoms with van der Waals surface area (Å²) >= 11 is 1.77. The van der Waals surface area contributed by atoms with Crippen LogP contribution < -0.4 is 10.1 Å². The third kappa shape index (κ3) is 7.08. The fourth-order valence-corrected chi connectivity index (χ4v) is 2.00. The number of hydrogen-bond acceptors (Lipinski definition) is 4. The smallest absolute Gasteiger partial charge is 0.258 e. The van der Waals surface area contributed by atoms with Crippen LogP contribution in [-0.2, 0) is 9.53 Å². The summed E-state index contributed by atoms with van der Waals surface area (Å²) in [6.07, 6.45) is 3.05. The van der Waals surface area contributed by atoms with Crippen LogP contribution >= 0.6 is 11.8 Å². The third-order valence-corrected chi connectivity index (χ3v) is 3.26. The first-order valence-corrected chi connectivity index (χ1v) is 7.62. The van der Waals surface area contributed by atoms with Crippen molar-refractivity contribution < 1.29 is 14.3 Å². The third-order valence-electron chi connectivity index (χ3n) is 2.62. The van der Waals surface area contributed by atoms with E-state index in [2.05, 4.69) is 11.6 Å². The molecule has 4 nitrogen and oxygen atoms in total. The lowest BCUT2D eigenvalue weighted by Crippen LogP contribution is -2.36. The minimum absolute atomic E-state index is 0.0307. The van der Waals surface area contributed by atoms with Gasteiger partial charge in [-0.15, -0.1) is 0 Å². The Labute approximate surface area is 118 Å². The minimum Gasteiger partial charge on any atom is -0.484 e. The zero-order valence-electron chi connectivity index (χ0n) is 11.4. The van der Waals surface area contributed by atoms with Gasteiger partial charge < -0.3 is 14.8 Å². The molecule has 106 valence electrons. The topological polar surface area (TPSA) is 47.6 Å². The molecule has 0 bridgehead atoms. The van der Waals surface area contributed by atoms with Gasteiger partial charge in [-0.2, -0.15) is 11.8 Å². The van der Waals surface area contributed by atoms with Crippen molar-refractivity contribution in [2.45, 2.75) is 12.5 Å². The average Bonchev–Trinajstić information content (AvgIpc) is 2.46. The van der Waals surface area contributed by atoms with Gasteiger partial charge in [-0.25, -0.2) is 0 Å². The molecule has 0 saturated heterocycles. The normalized spacial score (nSPS) is 11.9. The van der Waals surface area contributed by atoms with Crippen molar-refractivity contribution in [3.05, 3.63) is 30.3 Å². The second kappa shape index (κ2) is 9.69. The number of hydrogen-bond donors (Lipinski definition) is 1. The largest absolute Gasteiger partial charge is 0.484 e. The van der Waals surface area contributed by atoms with Gasteiger partial charge in [0, 0.05) is 13.7 Å². The molecule has 1 amide bonds. The molecule has 0 aliphatic heterocycles. The van der Waals surface area contributed by atoms with Crippen LogP contribution in [0.25, 0.3) is 0 Å². The fraction of sp³-hybridized carbons (Fsp3) is 0.500. The van der Waals surface area contributed by atoms with Gasteiger partial charge in [0.15, 0.2) is 6.61 Å². The van der Waals surface area contributed by atoms with Crippen molar-refractivity contribution in [1.82, 2.24) is 5.32 Å². The molecule has 1 atom stereocenters. The summed E-state index contributed by atoms with van der Waals surface area (Å²) in [5.41, 5.74) is 0. The average molecular weight is 283 g/mol. The molecule has 0 aliphatic rings. The van der Waals surface area contributed by atoms with E-state index in [0.29, 0.717) is 12.3 Å². The maximum atomic E-state index is 11.6. The van der Waals surface area contributed by atoms with Gasteiger partial charge in [-0.05, 0) is 30.6 Å². The first kappa shape index (κ1) is 15.9. The number of carbonyl (C=O) groups is 1. The van der Waals surface area contributed by atoms with Crippen LogP contribution in [0.2, 0.25) is 0 Å². The Bertz CT molecular complexity index is 359. The lowest BCUT2D eigenvalue weighted by Gasteiger charge is -2.15. The molecule has 0 heterocycles. The van der Waals surface area contributed by atoms with Gasteiger partial charge >= 0.3 is 0 Å². The second-order valence-corrected chi connectivity index (χ2v) is 5.03. The van der Waals surface area contributed by atoms with Gasteiger partial charge in [0.25, 0.3) is 5.91 Å². The first-order valence-electron chi connectivity index (χ1n) is 6.22. The molecule has 0 aliphatic carbocycles. The Balaban J connectivity index is 2.20. The van der Waals surface area contributed by atoms with Crippen molar-refractivity contribution in [2.24, 2.45) is 0 Å². The van der Waals surface area contributed by atoms with Gasteiger partial charge in [-0.1, -0.05) is 18.2 Å². The highest BCUT2D eigenvalue weighted by molar-refractivity contribution is 7.98. The van der Waals surface area contributed by atoms with E-state index >= 15 is 0 Å². The van der Waals surface area contributed by atoms with Crippen LogP contribution in [0.1, 0.15) is 6.42 Å². The number of nitrogens with one attached hydrogen (secondary N) is 1. The Morgan fingerprint density at radius 1 is 1.37 bits per heavy atom. The maximum absolute atomic E-state index is 11.6. The predicted octanol–water partition coefficient (Wildman–Crippen LogP) is 1.95. The van der Waals surface area contributed by atoms with Crippen LogP contribution in [0.3, 0.4) is 0 Å². The Hall–Kier alpha value is -1.20. The second-order valence-electron chi connectivity index (χ2n) is 4.04. The van der Waals surface area contributed by atoms with Crippen LogP contribution in [-0.4, -0.2) is 44.3 Å². The van der Waals surface area contributed by atoms with E-state index in [1.54, 1.807) is 18.9 Å². The van der Waals surface area contributed by atoms with Gasteiger partial charge in [0.05, 0.1) is 6.10 Å². The summed E-state index contributed by atoms with van der Waals surface area (Å²) < 4.78 is 10.7. The molecule has 5 heteroatoms. The fourth-order valence-electron chi connectivity index (χ4n) is 1.50. The van der Waals surface area contributed by atoms with E-state index < -0.39 is 0 Å². The number of thioether (sulfide) groups is 1. The van der Waals surface area contributed by atoms with Crippen molar-refractivity contribution in [2.75, 3.05) is 32.3 Å². The predicted molar refractivity (Wildman–Crippen MR) is 78.7 cm³/mol. The number of benzene rings is 1. The van der Waals surface area contributed by atoms with Crippen LogP contribution in [0.5, 0.6) is 5.75 Å². The van der Waals surface area contributed by atoms with E-state index in [-0.39, 0.29) is 18.6 Å².